The Morgan fingerprint density at radius 1 is 0.902 bits per heavy atom. The number of carboxylic acid groups (broad SMARTS) is 1. The minimum Gasteiger partial charge on any atom is -0.465 e. The molecule has 13 heteroatoms. The molecule has 0 aliphatic carbocycles. The average molecular weight is 690 g/mol. The summed E-state index contributed by atoms with van der Waals surface area (Å²) >= 11 is 0. The van der Waals surface area contributed by atoms with E-state index in [0.29, 0.717) is 25.1 Å². The molecule has 51 heavy (non-hydrogen) atoms. The second kappa shape index (κ2) is 16.5. The molecule has 6 rings (SSSR count). The van der Waals surface area contributed by atoms with Gasteiger partial charge in [0.25, 0.3) is 0 Å². The Hall–Kier alpha value is -6.08. The van der Waals surface area contributed by atoms with E-state index in [1.165, 1.54) is 16.8 Å². The van der Waals surface area contributed by atoms with Crippen LogP contribution in [0.5, 0.6) is 0 Å². The number of aromatic nitrogens is 4. The van der Waals surface area contributed by atoms with Crippen molar-refractivity contribution in [3.63, 3.8) is 0 Å². The summed E-state index contributed by atoms with van der Waals surface area (Å²) in [6.45, 7) is 0.615. The standard InChI is InChI=1S/C38H39N7O6/c1-50-37(47)40-33(22-26-16-18-29(19-17-26)28-12-6-3-7-13-28)36(46)39-32-15-9-8-14-30(32)20-21-31-24-44(38(48)49)34(25-51-31)35-41-43-45(42-35)23-27-10-4-2-5-11-27/h2-19,31,33-34H,20-25H2,1H3,(H,39,46)(H,40,47)(H,48,49)/t31-,33+,34+/m1/s1. The maximum atomic E-state index is 13.6. The predicted molar refractivity (Wildman–Crippen MR) is 189 cm³/mol. The topological polar surface area (TPSA) is 161 Å². The van der Waals surface area contributed by atoms with Crippen molar-refractivity contribution in [2.24, 2.45) is 0 Å². The minimum atomic E-state index is -1.10. The molecule has 1 saturated heterocycles. The molecule has 0 spiro atoms. The zero-order valence-corrected chi connectivity index (χ0v) is 28.1. The van der Waals surface area contributed by atoms with E-state index < -0.39 is 36.3 Å². The summed E-state index contributed by atoms with van der Waals surface area (Å²) in [6, 6.07) is 33.3. The molecule has 3 atom stereocenters. The van der Waals surface area contributed by atoms with Crippen LogP contribution in [0.2, 0.25) is 0 Å². The molecule has 1 aromatic heterocycles. The molecule has 4 aromatic carbocycles. The van der Waals surface area contributed by atoms with E-state index in [9.17, 15) is 19.5 Å². The van der Waals surface area contributed by atoms with Gasteiger partial charge in [0.2, 0.25) is 5.91 Å². The number of anilines is 1. The van der Waals surface area contributed by atoms with Crippen molar-refractivity contribution in [2.45, 2.75) is 44.0 Å². The number of hydrogen-bond acceptors (Lipinski definition) is 8. The van der Waals surface area contributed by atoms with Gasteiger partial charge >= 0.3 is 12.2 Å². The molecular weight excluding hydrogens is 650 g/mol. The molecular formula is C38H39N7O6. The Balaban J connectivity index is 1.08. The van der Waals surface area contributed by atoms with Crippen molar-refractivity contribution < 1.29 is 29.0 Å². The number of hydrogen-bond donors (Lipinski definition) is 3. The number of tetrazole rings is 1. The van der Waals surface area contributed by atoms with Gasteiger partial charge in [-0.05, 0) is 51.9 Å². The zero-order chi connectivity index (χ0) is 35.6. The Bertz CT molecular complexity index is 1920. The number of carbonyl (C=O) groups excluding carboxylic acids is 2. The first-order chi connectivity index (χ1) is 24.9. The number of aryl methyl sites for hydroxylation is 1. The number of benzene rings is 4. The van der Waals surface area contributed by atoms with E-state index in [-0.39, 0.29) is 25.4 Å². The van der Waals surface area contributed by atoms with Gasteiger partial charge in [-0.25, -0.2) is 9.59 Å². The van der Waals surface area contributed by atoms with Gasteiger partial charge in [-0.15, -0.1) is 10.2 Å². The second-order valence-electron chi connectivity index (χ2n) is 12.2. The summed E-state index contributed by atoms with van der Waals surface area (Å²) in [6.07, 6.45) is -0.966. The quantitative estimate of drug-likeness (QED) is 0.157. The number of para-hydroxylation sites is 1. The van der Waals surface area contributed by atoms with E-state index >= 15 is 0 Å². The lowest BCUT2D eigenvalue weighted by atomic mass is 10.00. The van der Waals surface area contributed by atoms with Crippen molar-refractivity contribution >= 4 is 23.8 Å². The molecule has 3 N–H and O–H groups in total. The number of amides is 3. The van der Waals surface area contributed by atoms with Crippen LogP contribution < -0.4 is 10.6 Å². The number of rotatable bonds is 12. The van der Waals surface area contributed by atoms with E-state index in [4.69, 9.17) is 9.47 Å². The van der Waals surface area contributed by atoms with E-state index in [1.54, 1.807) is 6.07 Å². The number of alkyl carbamates (subject to hydrolysis) is 1. The van der Waals surface area contributed by atoms with Crippen LogP contribution in [0.25, 0.3) is 11.1 Å². The average Bonchev–Trinajstić information content (AvgIpc) is 3.63. The molecule has 0 radical (unpaired) electrons. The highest BCUT2D eigenvalue weighted by Gasteiger charge is 2.36. The third kappa shape index (κ3) is 9.13. The Labute approximate surface area is 295 Å². The molecule has 1 aliphatic heterocycles. The molecule has 5 aromatic rings. The monoisotopic (exact) mass is 689 g/mol. The van der Waals surface area contributed by atoms with Gasteiger partial charge in [0.05, 0.1) is 32.9 Å². The maximum absolute atomic E-state index is 13.6. The number of ether oxygens (including phenoxy) is 2. The van der Waals surface area contributed by atoms with Gasteiger partial charge in [-0.3, -0.25) is 9.69 Å². The van der Waals surface area contributed by atoms with Crippen LogP contribution in [0.3, 0.4) is 0 Å². The van der Waals surface area contributed by atoms with Crippen molar-refractivity contribution in [3.8, 4) is 11.1 Å². The summed E-state index contributed by atoms with van der Waals surface area (Å²) in [5.74, 6) is -0.122. The first-order valence-electron chi connectivity index (χ1n) is 16.7. The summed E-state index contributed by atoms with van der Waals surface area (Å²) < 4.78 is 10.9. The van der Waals surface area contributed by atoms with Gasteiger partial charge in [0, 0.05) is 12.1 Å². The van der Waals surface area contributed by atoms with Crippen molar-refractivity contribution in [3.05, 3.63) is 132 Å². The molecule has 262 valence electrons. The highest BCUT2D eigenvalue weighted by molar-refractivity contribution is 5.97. The third-order valence-corrected chi connectivity index (χ3v) is 8.75. The van der Waals surface area contributed by atoms with Crippen LogP contribution in [-0.2, 0) is 33.7 Å². The lowest BCUT2D eigenvalue weighted by Crippen LogP contribution is -2.47. The molecule has 13 nitrogen and oxygen atoms in total. The number of carbonyl (C=O) groups is 3. The summed E-state index contributed by atoms with van der Waals surface area (Å²) in [5, 5.41) is 28.4. The number of nitrogens with zero attached hydrogens (tertiary/aromatic N) is 5. The third-order valence-electron chi connectivity index (χ3n) is 8.75. The number of nitrogens with one attached hydrogen (secondary N) is 2. The summed E-state index contributed by atoms with van der Waals surface area (Å²) in [7, 11) is 1.25. The highest BCUT2D eigenvalue weighted by Crippen LogP contribution is 2.27. The fourth-order valence-electron chi connectivity index (χ4n) is 6.03. The lowest BCUT2D eigenvalue weighted by Gasteiger charge is -2.36. The normalized spacial score (nSPS) is 16.2. The molecule has 0 bridgehead atoms. The van der Waals surface area contributed by atoms with Gasteiger partial charge in [-0.2, -0.15) is 4.80 Å². The van der Waals surface area contributed by atoms with Crippen molar-refractivity contribution in [1.82, 2.24) is 30.4 Å². The van der Waals surface area contributed by atoms with Gasteiger partial charge in [0.1, 0.15) is 12.1 Å². The SMILES string of the molecule is COC(=O)N[C@@H](Cc1ccc(-c2ccccc2)cc1)C(=O)Nc1ccccc1CC[C@@H]1CN(C(=O)O)[C@H](c2nnn(Cc3ccccc3)n2)CO1. The van der Waals surface area contributed by atoms with Gasteiger partial charge < -0.3 is 25.2 Å². The van der Waals surface area contributed by atoms with Crippen LogP contribution in [0.1, 0.15) is 35.0 Å². The zero-order valence-electron chi connectivity index (χ0n) is 28.1. The van der Waals surface area contributed by atoms with Crippen LogP contribution in [0, 0.1) is 0 Å². The predicted octanol–water partition coefficient (Wildman–Crippen LogP) is 5.35. The first kappa shape index (κ1) is 34.8. The fourth-order valence-corrected chi connectivity index (χ4v) is 6.03. The van der Waals surface area contributed by atoms with Crippen LogP contribution >= 0.6 is 0 Å². The first-order valence-corrected chi connectivity index (χ1v) is 16.7. The van der Waals surface area contributed by atoms with Crippen LogP contribution in [-0.4, -0.2) is 80.7 Å². The molecule has 2 heterocycles. The van der Waals surface area contributed by atoms with Gasteiger partial charge in [0.15, 0.2) is 5.82 Å². The molecule has 1 fully saturated rings. The molecule has 1 aliphatic rings. The van der Waals surface area contributed by atoms with Crippen molar-refractivity contribution in [1.29, 1.82) is 0 Å². The smallest absolute Gasteiger partial charge is 0.408 e. The Morgan fingerprint density at radius 2 is 1.59 bits per heavy atom. The van der Waals surface area contributed by atoms with E-state index in [1.807, 2.05) is 103 Å². The van der Waals surface area contributed by atoms with Crippen LogP contribution in [0.15, 0.2) is 109 Å². The van der Waals surface area contributed by atoms with E-state index in [2.05, 4.69) is 26.0 Å². The van der Waals surface area contributed by atoms with E-state index in [0.717, 1.165) is 27.8 Å². The summed E-state index contributed by atoms with van der Waals surface area (Å²) in [4.78, 5) is 40.9. The number of methoxy groups -OCH3 is 1. The largest absolute Gasteiger partial charge is 0.465 e. The number of morpholine rings is 1. The van der Waals surface area contributed by atoms with Crippen molar-refractivity contribution in [2.75, 3.05) is 25.6 Å². The molecule has 0 unspecified atom stereocenters. The van der Waals surface area contributed by atoms with Crippen LogP contribution in [0.4, 0.5) is 15.3 Å². The maximum Gasteiger partial charge on any atom is 0.408 e. The molecule has 0 saturated carbocycles. The Kier molecular flexibility index (Phi) is 11.3. The Morgan fingerprint density at radius 3 is 2.31 bits per heavy atom. The molecule has 3 amide bonds. The van der Waals surface area contributed by atoms with Gasteiger partial charge in [-0.1, -0.05) is 103 Å². The fraction of sp³-hybridized carbons (Fsp3) is 0.263. The lowest BCUT2D eigenvalue weighted by molar-refractivity contribution is -0.118. The summed E-state index contributed by atoms with van der Waals surface area (Å²) in [5.41, 5.74) is 5.41. The highest BCUT2D eigenvalue weighted by atomic mass is 16.5. The second-order valence-corrected chi connectivity index (χ2v) is 12.2. The minimum absolute atomic E-state index is 0.0829.